The highest BCUT2D eigenvalue weighted by atomic mass is 32.2. The lowest BCUT2D eigenvalue weighted by Gasteiger charge is -2.24. The van der Waals surface area contributed by atoms with Crippen molar-refractivity contribution in [2.75, 3.05) is 26.6 Å². The molecule has 0 saturated carbocycles. The Morgan fingerprint density at radius 3 is 2.50 bits per heavy atom. The fourth-order valence-electron chi connectivity index (χ4n) is 4.07. The van der Waals surface area contributed by atoms with Gasteiger partial charge < -0.3 is 14.2 Å². The molecule has 0 spiro atoms. The quantitative estimate of drug-likeness (QED) is 0.203. The maximum atomic E-state index is 12.4. The Hall–Kier alpha value is -2.90. The van der Waals surface area contributed by atoms with Crippen LogP contribution in [0.2, 0.25) is 25.7 Å². The summed E-state index contributed by atoms with van der Waals surface area (Å²) in [5.74, 6) is 0.263. The van der Waals surface area contributed by atoms with Gasteiger partial charge in [0, 0.05) is 45.3 Å². The lowest BCUT2D eigenvalue weighted by molar-refractivity contribution is -0.152. The number of esters is 1. The molecule has 0 amide bonds. The number of nitrogens with zero attached hydrogens (tertiary/aromatic N) is 5. The van der Waals surface area contributed by atoms with E-state index in [1.807, 2.05) is 32.2 Å². The van der Waals surface area contributed by atoms with Gasteiger partial charge in [-0.3, -0.25) is 9.79 Å². The maximum Gasteiger partial charge on any atom is 0.314 e. The molecule has 1 aliphatic rings. The molecule has 0 N–H and O–H groups in total. The van der Waals surface area contributed by atoms with Crippen molar-refractivity contribution < 1.29 is 27.4 Å². The van der Waals surface area contributed by atoms with Gasteiger partial charge in [0.2, 0.25) is 26.7 Å². The number of carbonyl (C=O) groups excluding carboxylic acids is 1. The van der Waals surface area contributed by atoms with E-state index < -0.39 is 23.3 Å². The average Bonchev–Trinajstić information content (AvgIpc) is 3.30. The number of sulfone groups is 1. The van der Waals surface area contributed by atoms with Crippen LogP contribution in [-0.4, -0.2) is 75.0 Å². The predicted octanol–water partition coefficient (Wildman–Crippen LogP) is 4.12. The third-order valence-electron chi connectivity index (χ3n) is 6.57. The first-order valence-corrected chi connectivity index (χ1v) is 18.8. The van der Waals surface area contributed by atoms with Crippen molar-refractivity contribution in [2.45, 2.75) is 71.2 Å². The van der Waals surface area contributed by atoms with E-state index in [1.54, 1.807) is 20.0 Å². The lowest BCUT2D eigenvalue weighted by atomic mass is 9.85. The van der Waals surface area contributed by atoms with Crippen molar-refractivity contribution in [2.24, 2.45) is 16.3 Å². The second-order valence-electron chi connectivity index (χ2n) is 12.1. The molecule has 0 bridgehead atoms. The third-order valence-corrected chi connectivity index (χ3v) is 9.24. The van der Waals surface area contributed by atoms with Gasteiger partial charge in [0.15, 0.2) is 0 Å². The van der Waals surface area contributed by atoms with Crippen molar-refractivity contribution in [1.82, 2.24) is 19.7 Å². The minimum atomic E-state index is -3.62. The van der Waals surface area contributed by atoms with Crippen LogP contribution in [0.3, 0.4) is 0 Å². The molecule has 220 valence electrons. The molecule has 0 radical (unpaired) electrons. The average molecular weight is 592 g/mol. The highest BCUT2D eigenvalue weighted by molar-refractivity contribution is 7.90. The van der Waals surface area contributed by atoms with E-state index in [2.05, 4.69) is 39.7 Å². The van der Waals surface area contributed by atoms with Crippen LogP contribution in [0.1, 0.15) is 43.6 Å². The molecule has 2 aromatic heterocycles. The predicted molar refractivity (Wildman–Crippen MR) is 156 cm³/mol. The van der Waals surface area contributed by atoms with Crippen LogP contribution in [0.25, 0.3) is 5.70 Å². The largest absolute Gasteiger partial charge is 0.476 e. The van der Waals surface area contributed by atoms with Gasteiger partial charge in [0.05, 0.1) is 12.5 Å². The Kier molecular flexibility index (Phi) is 9.73. The number of aliphatic imine (C=N–C) groups is 1. The normalized spacial score (nSPS) is 18.0. The highest BCUT2D eigenvalue weighted by Crippen LogP contribution is 2.34. The van der Waals surface area contributed by atoms with E-state index in [0.29, 0.717) is 18.2 Å². The summed E-state index contributed by atoms with van der Waals surface area (Å²) >= 11 is 0. The first-order chi connectivity index (χ1) is 18.5. The number of pyridine rings is 1. The molecule has 40 heavy (non-hydrogen) atoms. The number of rotatable bonds is 12. The Morgan fingerprint density at radius 2 is 1.93 bits per heavy atom. The molecule has 2 aromatic rings. The van der Waals surface area contributed by atoms with Crippen molar-refractivity contribution in [1.29, 1.82) is 0 Å². The second kappa shape index (κ2) is 12.3. The Balaban J connectivity index is 1.74. The molecule has 2 atom stereocenters. The number of aromatic nitrogens is 4. The van der Waals surface area contributed by atoms with Gasteiger partial charge in [0.1, 0.15) is 19.0 Å². The highest BCUT2D eigenvalue weighted by Gasteiger charge is 2.30. The van der Waals surface area contributed by atoms with Crippen LogP contribution in [0.5, 0.6) is 5.88 Å². The Morgan fingerprint density at radius 1 is 1.23 bits per heavy atom. The second-order valence-corrected chi connectivity index (χ2v) is 19.6. The summed E-state index contributed by atoms with van der Waals surface area (Å²) in [6.07, 6.45) is 6.62. The fraction of sp³-hybridized carbons (Fsp3) is 0.593. The standard InChI is InChI=1S/C27H41N5O6SSi/c1-18-12-22(24-30-26(39(6,34)35)32(31-24)17-37-10-11-40(7,8)9)28-14-20(18)21-15-29-23(13-19(21)2)38-16-27(3,4)25(33)36-5/h12-15,18,20H,10-11,16-17H2,1-9H3/t18-,20?/m0/s1. The van der Waals surface area contributed by atoms with Gasteiger partial charge in [-0.25, -0.2) is 18.1 Å². The van der Waals surface area contributed by atoms with Gasteiger partial charge in [-0.15, -0.1) is 5.10 Å². The van der Waals surface area contributed by atoms with E-state index >= 15 is 0 Å². The maximum absolute atomic E-state index is 12.4. The first kappa shape index (κ1) is 31.6. The van der Waals surface area contributed by atoms with Crippen LogP contribution in [0.4, 0.5) is 0 Å². The van der Waals surface area contributed by atoms with E-state index in [4.69, 9.17) is 14.2 Å². The zero-order valence-electron chi connectivity index (χ0n) is 24.9. The van der Waals surface area contributed by atoms with Gasteiger partial charge in [-0.1, -0.05) is 32.6 Å². The van der Waals surface area contributed by atoms with Gasteiger partial charge in [0.25, 0.3) is 0 Å². The molecular formula is C27H41N5O6SSi. The van der Waals surface area contributed by atoms with Gasteiger partial charge in [-0.05, 0) is 43.9 Å². The van der Waals surface area contributed by atoms with E-state index in [-0.39, 0.29) is 42.1 Å². The third kappa shape index (κ3) is 8.07. The molecule has 3 heterocycles. The summed E-state index contributed by atoms with van der Waals surface area (Å²) in [7, 11) is -3.55. The van der Waals surface area contributed by atoms with Gasteiger partial charge >= 0.3 is 5.97 Å². The summed E-state index contributed by atoms with van der Waals surface area (Å²) < 4.78 is 42.4. The summed E-state index contributed by atoms with van der Waals surface area (Å²) in [4.78, 5) is 25.3. The molecule has 0 aliphatic carbocycles. The number of aryl methyl sites for hydroxylation is 1. The Bertz CT molecular complexity index is 1390. The number of hydrogen-bond acceptors (Lipinski definition) is 10. The van der Waals surface area contributed by atoms with E-state index in [0.717, 1.165) is 23.4 Å². The molecule has 1 unspecified atom stereocenters. The lowest BCUT2D eigenvalue weighted by Crippen LogP contribution is -2.32. The van der Waals surface area contributed by atoms with Crippen LogP contribution < -0.4 is 4.74 Å². The summed E-state index contributed by atoms with van der Waals surface area (Å²) in [6, 6.07) is 2.80. The smallest absolute Gasteiger partial charge is 0.314 e. The SMILES string of the molecule is COC(=O)C(C)(C)COc1cc(C)c(C2C=NC(c3nc(S(C)(=O)=O)n(COCC[Si](C)(C)C)n3)=C[C@@H]2C)cn1. The van der Waals surface area contributed by atoms with Crippen molar-refractivity contribution in [3.63, 3.8) is 0 Å². The molecule has 1 aliphatic heterocycles. The zero-order chi connectivity index (χ0) is 29.9. The summed E-state index contributed by atoms with van der Waals surface area (Å²) in [5.41, 5.74) is 1.66. The minimum absolute atomic E-state index is 0.00511. The van der Waals surface area contributed by atoms with Crippen molar-refractivity contribution >= 4 is 35.8 Å². The molecular weight excluding hydrogens is 550 g/mol. The number of allylic oxidation sites excluding steroid dienone is 1. The van der Waals surface area contributed by atoms with Crippen molar-refractivity contribution in [3.8, 4) is 5.88 Å². The number of ether oxygens (including phenoxy) is 3. The van der Waals surface area contributed by atoms with Crippen LogP contribution >= 0.6 is 0 Å². The fourth-order valence-corrected chi connectivity index (χ4v) is 5.56. The van der Waals surface area contributed by atoms with Crippen LogP contribution in [0, 0.1) is 18.3 Å². The number of methoxy groups -OCH3 is 1. The number of hydrogen-bond donors (Lipinski definition) is 0. The van der Waals surface area contributed by atoms with Crippen LogP contribution in [0.15, 0.2) is 28.5 Å². The van der Waals surface area contributed by atoms with Crippen LogP contribution in [-0.2, 0) is 30.8 Å². The summed E-state index contributed by atoms with van der Waals surface area (Å²) in [6.45, 7) is 15.0. The van der Waals surface area contributed by atoms with E-state index in [1.165, 1.54) is 11.8 Å². The Labute approximate surface area is 238 Å². The molecule has 0 fully saturated rings. The number of carbonyl (C=O) groups is 1. The zero-order valence-corrected chi connectivity index (χ0v) is 26.7. The topological polar surface area (TPSA) is 135 Å². The van der Waals surface area contributed by atoms with E-state index in [9.17, 15) is 13.2 Å². The molecule has 0 saturated heterocycles. The van der Waals surface area contributed by atoms with Gasteiger partial charge in [-0.2, -0.15) is 4.98 Å². The first-order valence-electron chi connectivity index (χ1n) is 13.2. The molecule has 13 heteroatoms. The molecule has 3 rings (SSSR count). The minimum Gasteiger partial charge on any atom is -0.476 e. The van der Waals surface area contributed by atoms with Crippen molar-refractivity contribution in [3.05, 3.63) is 35.3 Å². The monoisotopic (exact) mass is 591 g/mol. The molecule has 11 nitrogen and oxygen atoms in total. The molecule has 0 aromatic carbocycles. The summed E-state index contributed by atoms with van der Waals surface area (Å²) in [5, 5.41) is 4.28.